The van der Waals surface area contributed by atoms with Gasteiger partial charge < -0.3 is 24.6 Å². The summed E-state index contributed by atoms with van der Waals surface area (Å²) in [6.45, 7) is 4.46. The molecule has 1 amide bonds. The SMILES string of the molecule is COC(=O)c1c(NC(=O)CN2CC[C@]3(O)CCCC[C@H]3[C@H]2c2cc(OC)ccc2OC)sc(C)c1C. The van der Waals surface area contributed by atoms with E-state index < -0.39 is 11.6 Å². The number of hydrogen-bond acceptors (Lipinski definition) is 8. The average Bonchev–Trinajstić information content (AvgIpc) is 3.15. The van der Waals surface area contributed by atoms with Crippen LogP contribution in [0.5, 0.6) is 11.5 Å². The van der Waals surface area contributed by atoms with E-state index >= 15 is 0 Å². The smallest absolute Gasteiger partial charge is 0.341 e. The largest absolute Gasteiger partial charge is 0.497 e. The molecule has 0 spiro atoms. The van der Waals surface area contributed by atoms with Crippen molar-refractivity contribution in [2.75, 3.05) is 39.7 Å². The number of aliphatic hydroxyl groups is 1. The molecule has 9 heteroatoms. The topological polar surface area (TPSA) is 97.3 Å². The minimum atomic E-state index is -0.774. The standard InChI is InChI=1S/C27H36N2O6S/c1-16-17(2)36-25(23(16)26(31)35-5)28-22(30)15-29-13-12-27(32)11-7-6-8-20(27)24(29)19-14-18(33-3)9-10-21(19)34-4/h9-10,14,20,24,32H,6-8,11-13,15H2,1-5H3,(H,28,30)/t20-,24+,27+/m0/s1. The average molecular weight is 517 g/mol. The van der Waals surface area contributed by atoms with Crippen LogP contribution in [0.3, 0.4) is 0 Å². The molecular formula is C27H36N2O6S. The van der Waals surface area contributed by atoms with Crippen molar-refractivity contribution in [2.24, 2.45) is 5.92 Å². The Hall–Kier alpha value is -2.62. The van der Waals surface area contributed by atoms with Gasteiger partial charge in [0.1, 0.15) is 16.5 Å². The van der Waals surface area contributed by atoms with Crippen LogP contribution >= 0.6 is 11.3 Å². The number of methoxy groups -OCH3 is 3. The Morgan fingerprint density at radius 1 is 1.17 bits per heavy atom. The number of esters is 1. The molecule has 2 N–H and O–H groups in total. The predicted octanol–water partition coefficient (Wildman–Crippen LogP) is 4.48. The van der Waals surface area contributed by atoms with E-state index in [1.54, 1.807) is 14.2 Å². The summed E-state index contributed by atoms with van der Waals surface area (Å²) in [5.74, 6) is 0.697. The van der Waals surface area contributed by atoms with E-state index in [0.717, 1.165) is 41.7 Å². The van der Waals surface area contributed by atoms with Gasteiger partial charge >= 0.3 is 5.97 Å². The number of nitrogens with zero attached hydrogens (tertiary/aromatic N) is 1. The van der Waals surface area contributed by atoms with Crippen LogP contribution in [-0.4, -0.2) is 61.9 Å². The molecule has 1 aromatic heterocycles. The van der Waals surface area contributed by atoms with Crippen LogP contribution in [0.1, 0.15) is 64.5 Å². The number of benzene rings is 1. The molecule has 0 radical (unpaired) electrons. The summed E-state index contributed by atoms with van der Waals surface area (Å²) in [4.78, 5) is 28.8. The maximum Gasteiger partial charge on any atom is 0.341 e. The van der Waals surface area contributed by atoms with Crippen molar-refractivity contribution in [1.82, 2.24) is 4.90 Å². The van der Waals surface area contributed by atoms with Gasteiger partial charge in [0.15, 0.2) is 0 Å². The molecule has 2 heterocycles. The Morgan fingerprint density at radius 2 is 1.94 bits per heavy atom. The number of carbonyl (C=O) groups is 2. The van der Waals surface area contributed by atoms with E-state index in [1.807, 2.05) is 32.0 Å². The first-order valence-corrected chi connectivity index (χ1v) is 13.2. The number of aryl methyl sites for hydroxylation is 1. The molecule has 4 rings (SSSR count). The molecule has 196 valence electrons. The number of amides is 1. The number of likely N-dealkylation sites (tertiary alicyclic amines) is 1. The molecule has 1 saturated heterocycles. The molecule has 3 atom stereocenters. The zero-order valence-electron chi connectivity index (χ0n) is 21.7. The maximum absolute atomic E-state index is 13.3. The van der Waals surface area contributed by atoms with Gasteiger partial charge in [-0.3, -0.25) is 9.69 Å². The van der Waals surface area contributed by atoms with Gasteiger partial charge in [-0.2, -0.15) is 0 Å². The van der Waals surface area contributed by atoms with Crippen LogP contribution in [-0.2, 0) is 9.53 Å². The normalized spacial score (nSPS) is 24.1. The minimum absolute atomic E-state index is 0.0364. The van der Waals surface area contributed by atoms with Gasteiger partial charge in [0, 0.05) is 28.9 Å². The lowest BCUT2D eigenvalue weighted by atomic mass is 9.66. The van der Waals surface area contributed by atoms with Crippen molar-refractivity contribution in [3.05, 3.63) is 39.8 Å². The summed E-state index contributed by atoms with van der Waals surface area (Å²) in [5, 5.41) is 15.1. The van der Waals surface area contributed by atoms with Crippen LogP contribution in [0.15, 0.2) is 18.2 Å². The summed E-state index contributed by atoms with van der Waals surface area (Å²) in [5.41, 5.74) is 1.35. The molecule has 0 bridgehead atoms. The van der Waals surface area contributed by atoms with E-state index in [9.17, 15) is 14.7 Å². The second kappa shape index (κ2) is 10.8. The van der Waals surface area contributed by atoms with E-state index in [2.05, 4.69) is 10.2 Å². The van der Waals surface area contributed by atoms with Crippen molar-refractivity contribution < 1.29 is 28.9 Å². The van der Waals surface area contributed by atoms with E-state index in [4.69, 9.17) is 14.2 Å². The molecule has 0 unspecified atom stereocenters. The maximum atomic E-state index is 13.3. The summed E-state index contributed by atoms with van der Waals surface area (Å²) in [7, 11) is 4.60. The zero-order valence-corrected chi connectivity index (χ0v) is 22.5. The van der Waals surface area contributed by atoms with E-state index in [-0.39, 0.29) is 24.4 Å². The Balaban J connectivity index is 1.66. The van der Waals surface area contributed by atoms with Crippen LogP contribution < -0.4 is 14.8 Å². The van der Waals surface area contributed by atoms with Crippen molar-refractivity contribution in [2.45, 2.75) is 57.6 Å². The van der Waals surface area contributed by atoms with Gasteiger partial charge in [-0.05, 0) is 56.9 Å². The third-order valence-electron chi connectivity index (χ3n) is 7.80. The monoisotopic (exact) mass is 516 g/mol. The fraction of sp³-hybridized carbons (Fsp3) is 0.556. The third kappa shape index (κ3) is 4.96. The lowest BCUT2D eigenvalue weighted by molar-refractivity contribution is -0.135. The van der Waals surface area contributed by atoms with Gasteiger partial charge in [0.25, 0.3) is 0 Å². The highest BCUT2D eigenvalue weighted by molar-refractivity contribution is 7.16. The number of carbonyl (C=O) groups excluding carboxylic acids is 2. The fourth-order valence-electron chi connectivity index (χ4n) is 5.82. The number of anilines is 1. The molecule has 8 nitrogen and oxygen atoms in total. The summed E-state index contributed by atoms with van der Waals surface area (Å²) in [6.07, 6.45) is 4.28. The first-order chi connectivity index (χ1) is 17.2. The Labute approximate surface area is 216 Å². The minimum Gasteiger partial charge on any atom is -0.497 e. The fourth-order valence-corrected chi connectivity index (χ4v) is 6.88. The molecule has 36 heavy (non-hydrogen) atoms. The number of nitrogens with one attached hydrogen (secondary N) is 1. The first kappa shape index (κ1) is 26.4. The number of ether oxygens (including phenoxy) is 3. The third-order valence-corrected chi connectivity index (χ3v) is 8.92. The van der Waals surface area contributed by atoms with Crippen molar-refractivity contribution >= 4 is 28.2 Å². The Kier molecular flexibility index (Phi) is 7.92. The number of piperidine rings is 1. The summed E-state index contributed by atoms with van der Waals surface area (Å²) >= 11 is 1.37. The van der Waals surface area contributed by atoms with Crippen molar-refractivity contribution in [3.63, 3.8) is 0 Å². The van der Waals surface area contributed by atoms with E-state index in [1.165, 1.54) is 18.4 Å². The molecule has 2 aromatic rings. The molecular weight excluding hydrogens is 480 g/mol. The van der Waals surface area contributed by atoms with Gasteiger partial charge in [-0.1, -0.05) is 12.8 Å². The molecule has 1 saturated carbocycles. The van der Waals surface area contributed by atoms with Crippen LogP contribution in [0, 0.1) is 19.8 Å². The lowest BCUT2D eigenvalue weighted by Gasteiger charge is -2.52. The summed E-state index contributed by atoms with van der Waals surface area (Å²) < 4.78 is 16.2. The van der Waals surface area contributed by atoms with Gasteiger partial charge in [-0.25, -0.2) is 4.79 Å². The predicted molar refractivity (Wildman–Crippen MR) is 139 cm³/mol. The Morgan fingerprint density at radius 3 is 2.64 bits per heavy atom. The Bertz CT molecular complexity index is 1130. The van der Waals surface area contributed by atoms with Gasteiger partial charge in [0.2, 0.25) is 5.91 Å². The van der Waals surface area contributed by atoms with Crippen molar-refractivity contribution in [3.8, 4) is 11.5 Å². The van der Waals surface area contributed by atoms with Crippen LogP contribution in [0.25, 0.3) is 0 Å². The van der Waals surface area contributed by atoms with E-state index in [0.29, 0.717) is 35.0 Å². The lowest BCUT2D eigenvalue weighted by Crippen LogP contribution is -2.56. The highest BCUT2D eigenvalue weighted by Gasteiger charge is 2.50. The highest BCUT2D eigenvalue weighted by atomic mass is 32.1. The second-order valence-corrected chi connectivity index (χ2v) is 11.0. The number of fused-ring (bicyclic) bond motifs is 1. The highest BCUT2D eigenvalue weighted by Crippen LogP contribution is 2.51. The molecule has 2 aliphatic rings. The van der Waals surface area contributed by atoms with Gasteiger partial charge in [-0.15, -0.1) is 11.3 Å². The number of thiophene rings is 1. The number of hydrogen-bond donors (Lipinski definition) is 2. The van der Waals surface area contributed by atoms with Crippen LogP contribution in [0.4, 0.5) is 5.00 Å². The number of rotatable bonds is 7. The second-order valence-electron chi connectivity index (χ2n) is 9.76. The first-order valence-electron chi connectivity index (χ1n) is 12.4. The summed E-state index contributed by atoms with van der Waals surface area (Å²) in [6, 6.07) is 5.47. The van der Waals surface area contributed by atoms with Crippen molar-refractivity contribution in [1.29, 1.82) is 0 Å². The van der Waals surface area contributed by atoms with Gasteiger partial charge in [0.05, 0.1) is 39.0 Å². The molecule has 1 aliphatic carbocycles. The molecule has 2 fully saturated rings. The molecule has 1 aliphatic heterocycles. The quantitative estimate of drug-likeness (QED) is 0.524. The van der Waals surface area contributed by atoms with Crippen LogP contribution in [0.2, 0.25) is 0 Å². The molecule has 1 aromatic carbocycles. The zero-order chi connectivity index (χ0) is 26.0.